The molecule has 5 rings (SSSR count). The van der Waals surface area contributed by atoms with Crippen LogP contribution in [0.15, 0.2) is 85.1 Å². The molecule has 0 aliphatic carbocycles. The molecule has 0 unspecified atom stereocenters. The Morgan fingerprint density at radius 1 is 0.704 bits per heavy atom. The molecular formula is C23H14N2O2. The number of hydrogen-bond acceptors (Lipinski definition) is 3. The van der Waals surface area contributed by atoms with Crippen LogP contribution in [0.1, 0.15) is 20.7 Å². The zero-order chi connectivity index (χ0) is 18.4. The number of rotatable bonds is 2. The first-order valence-electron chi connectivity index (χ1n) is 8.66. The molecule has 27 heavy (non-hydrogen) atoms. The Morgan fingerprint density at radius 2 is 1.44 bits per heavy atom. The van der Waals surface area contributed by atoms with Crippen molar-refractivity contribution in [1.82, 2.24) is 4.98 Å². The number of para-hydroxylation sites is 1. The minimum atomic E-state index is -0.312. The van der Waals surface area contributed by atoms with Gasteiger partial charge in [0.2, 0.25) is 0 Å². The molecule has 0 atom stereocenters. The number of hydrogen-bond donors (Lipinski definition) is 0. The van der Waals surface area contributed by atoms with E-state index in [1.165, 1.54) is 4.90 Å². The van der Waals surface area contributed by atoms with Crippen LogP contribution in [0.4, 0.5) is 5.69 Å². The van der Waals surface area contributed by atoms with Crippen molar-refractivity contribution in [3.8, 4) is 11.3 Å². The Balaban J connectivity index is 1.84. The SMILES string of the molecule is O=C1c2cc3ccccc3c(-c3ccccn3)c2C(=O)N1c1ccccc1. The third-order valence-corrected chi connectivity index (χ3v) is 4.84. The van der Waals surface area contributed by atoms with Crippen LogP contribution in [0.25, 0.3) is 22.0 Å². The van der Waals surface area contributed by atoms with Gasteiger partial charge in [-0.2, -0.15) is 0 Å². The topological polar surface area (TPSA) is 50.3 Å². The fourth-order valence-electron chi connectivity index (χ4n) is 3.65. The summed E-state index contributed by atoms with van der Waals surface area (Å²) in [6.07, 6.45) is 1.69. The van der Waals surface area contributed by atoms with Crippen molar-refractivity contribution in [2.75, 3.05) is 4.90 Å². The van der Waals surface area contributed by atoms with Crippen LogP contribution >= 0.6 is 0 Å². The van der Waals surface area contributed by atoms with Crippen LogP contribution in [0, 0.1) is 0 Å². The minimum absolute atomic E-state index is 0.302. The van der Waals surface area contributed by atoms with Gasteiger partial charge in [-0.15, -0.1) is 0 Å². The van der Waals surface area contributed by atoms with E-state index in [2.05, 4.69) is 4.98 Å². The smallest absolute Gasteiger partial charge is 0.266 e. The van der Waals surface area contributed by atoms with Crippen LogP contribution in [0.3, 0.4) is 0 Å². The maximum absolute atomic E-state index is 13.3. The molecule has 0 saturated heterocycles. The minimum Gasteiger partial charge on any atom is -0.268 e. The number of fused-ring (bicyclic) bond motifs is 2. The van der Waals surface area contributed by atoms with E-state index in [4.69, 9.17) is 0 Å². The van der Waals surface area contributed by atoms with Crippen molar-refractivity contribution in [3.05, 3.63) is 96.2 Å². The van der Waals surface area contributed by atoms with E-state index in [1.54, 1.807) is 24.4 Å². The first-order valence-corrected chi connectivity index (χ1v) is 8.66. The van der Waals surface area contributed by atoms with E-state index >= 15 is 0 Å². The predicted octanol–water partition coefficient (Wildman–Crippen LogP) is 4.70. The molecule has 4 aromatic rings. The molecule has 0 N–H and O–H groups in total. The Bertz CT molecular complexity index is 1200. The normalized spacial score (nSPS) is 13.3. The van der Waals surface area contributed by atoms with Gasteiger partial charge in [0.1, 0.15) is 0 Å². The predicted molar refractivity (Wildman–Crippen MR) is 105 cm³/mol. The van der Waals surface area contributed by atoms with Crippen LogP contribution in [-0.4, -0.2) is 16.8 Å². The molecule has 1 aliphatic heterocycles. The van der Waals surface area contributed by atoms with Crippen molar-refractivity contribution in [1.29, 1.82) is 0 Å². The third-order valence-electron chi connectivity index (χ3n) is 4.84. The second-order valence-electron chi connectivity index (χ2n) is 6.39. The molecule has 0 radical (unpaired) electrons. The van der Waals surface area contributed by atoms with Gasteiger partial charge in [-0.3, -0.25) is 14.6 Å². The van der Waals surface area contributed by atoms with Crippen molar-refractivity contribution in [2.24, 2.45) is 0 Å². The second-order valence-corrected chi connectivity index (χ2v) is 6.39. The summed E-state index contributed by atoms with van der Waals surface area (Å²) in [6.45, 7) is 0. The van der Waals surface area contributed by atoms with E-state index in [0.717, 1.165) is 10.8 Å². The standard InChI is InChI=1S/C23H14N2O2/c26-22-18-14-15-8-4-5-11-17(15)20(19-12-6-7-13-24-19)21(18)23(27)25(22)16-9-2-1-3-10-16/h1-14H. The summed E-state index contributed by atoms with van der Waals surface area (Å²) in [6, 6.07) is 24.2. The Kier molecular flexibility index (Phi) is 3.37. The number of aromatic nitrogens is 1. The number of nitrogens with zero attached hydrogens (tertiary/aromatic N) is 2. The molecule has 0 saturated carbocycles. The zero-order valence-electron chi connectivity index (χ0n) is 14.3. The molecular weight excluding hydrogens is 336 g/mol. The fourth-order valence-corrected chi connectivity index (χ4v) is 3.65. The maximum atomic E-state index is 13.3. The largest absolute Gasteiger partial charge is 0.268 e. The number of carbonyl (C=O) groups is 2. The molecule has 2 heterocycles. The summed E-state index contributed by atoms with van der Waals surface area (Å²) in [7, 11) is 0. The molecule has 4 heteroatoms. The van der Waals surface area contributed by atoms with E-state index in [0.29, 0.717) is 28.1 Å². The monoisotopic (exact) mass is 350 g/mol. The average molecular weight is 350 g/mol. The molecule has 0 bridgehead atoms. The molecule has 0 fully saturated rings. The number of amides is 2. The lowest BCUT2D eigenvalue weighted by atomic mass is 9.93. The highest BCUT2D eigenvalue weighted by Crippen LogP contribution is 2.39. The fraction of sp³-hybridized carbons (Fsp3) is 0. The van der Waals surface area contributed by atoms with Crippen molar-refractivity contribution < 1.29 is 9.59 Å². The first kappa shape index (κ1) is 15.5. The number of anilines is 1. The summed E-state index contributed by atoms with van der Waals surface area (Å²) < 4.78 is 0. The Morgan fingerprint density at radius 3 is 2.22 bits per heavy atom. The maximum Gasteiger partial charge on any atom is 0.266 e. The van der Waals surface area contributed by atoms with Crippen LogP contribution < -0.4 is 4.90 Å². The van der Waals surface area contributed by atoms with Gasteiger partial charge >= 0.3 is 0 Å². The molecule has 1 aromatic heterocycles. The van der Waals surface area contributed by atoms with E-state index in [9.17, 15) is 9.59 Å². The Labute approximate surface area is 155 Å². The summed E-state index contributed by atoms with van der Waals surface area (Å²) in [4.78, 5) is 32.1. The van der Waals surface area contributed by atoms with E-state index in [1.807, 2.05) is 60.7 Å². The van der Waals surface area contributed by atoms with Gasteiger partial charge in [-0.1, -0.05) is 48.5 Å². The van der Waals surface area contributed by atoms with Gasteiger partial charge in [0, 0.05) is 11.8 Å². The molecule has 2 amide bonds. The summed E-state index contributed by atoms with van der Waals surface area (Å²) in [5.74, 6) is -0.614. The second kappa shape index (κ2) is 5.88. The van der Waals surface area contributed by atoms with Gasteiger partial charge in [0.15, 0.2) is 0 Å². The number of imide groups is 1. The van der Waals surface area contributed by atoms with Gasteiger partial charge in [0.25, 0.3) is 11.8 Å². The highest BCUT2D eigenvalue weighted by atomic mass is 16.2. The van der Waals surface area contributed by atoms with Crippen molar-refractivity contribution in [3.63, 3.8) is 0 Å². The van der Waals surface area contributed by atoms with Crippen LogP contribution in [-0.2, 0) is 0 Å². The quantitative estimate of drug-likeness (QED) is 0.492. The summed E-state index contributed by atoms with van der Waals surface area (Å²) in [5.41, 5.74) is 2.80. The van der Waals surface area contributed by atoms with E-state index in [-0.39, 0.29) is 11.8 Å². The molecule has 128 valence electrons. The molecule has 4 nitrogen and oxygen atoms in total. The lowest BCUT2D eigenvalue weighted by molar-refractivity contribution is 0.0926. The summed E-state index contributed by atoms with van der Waals surface area (Å²) >= 11 is 0. The lowest BCUT2D eigenvalue weighted by Crippen LogP contribution is -2.29. The Hall–Kier alpha value is -3.79. The van der Waals surface area contributed by atoms with Gasteiger partial charge in [-0.25, -0.2) is 4.90 Å². The highest BCUT2D eigenvalue weighted by molar-refractivity contribution is 6.37. The number of benzene rings is 3. The zero-order valence-corrected chi connectivity index (χ0v) is 14.3. The van der Waals surface area contributed by atoms with Gasteiger partial charge in [0.05, 0.1) is 22.5 Å². The number of carbonyl (C=O) groups excluding carboxylic acids is 2. The van der Waals surface area contributed by atoms with Gasteiger partial charge < -0.3 is 0 Å². The van der Waals surface area contributed by atoms with Crippen LogP contribution in [0.5, 0.6) is 0 Å². The molecule has 1 aliphatic rings. The summed E-state index contributed by atoms with van der Waals surface area (Å²) in [5, 5.41) is 1.82. The molecule has 3 aromatic carbocycles. The average Bonchev–Trinajstić information content (AvgIpc) is 2.97. The third kappa shape index (κ3) is 2.27. The highest BCUT2D eigenvalue weighted by Gasteiger charge is 2.39. The van der Waals surface area contributed by atoms with Gasteiger partial charge in [-0.05, 0) is 41.1 Å². The first-order chi connectivity index (χ1) is 13.3. The lowest BCUT2D eigenvalue weighted by Gasteiger charge is -2.14. The van der Waals surface area contributed by atoms with Crippen molar-refractivity contribution in [2.45, 2.75) is 0 Å². The molecule has 0 spiro atoms. The van der Waals surface area contributed by atoms with E-state index < -0.39 is 0 Å². The van der Waals surface area contributed by atoms with Crippen LogP contribution in [0.2, 0.25) is 0 Å². The number of pyridine rings is 1. The van der Waals surface area contributed by atoms with Crippen molar-refractivity contribution >= 4 is 28.3 Å².